The molecule has 10 nitrogen and oxygen atoms in total. The Kier molecular flexibility index (Phi) is 8.68. The van der Waals surface area contributed by atoms with Crippen LogP contribution in [0.3, 0.4) is 0 Å². The summed E-state index contributed by atoms with van der Waals surface area (Å²) in [6, 6.07) is 9.16. The van der Waals surface area contributed by atoms with Crippen molar-refractivity contribution in [3.63, 3.8) is 0 Å². The van der Waals surface area contributed by atoms with Crippen LogP contribution in [0.25, 0.3) is 0 Å². The van der Waals surface area contributed by atoms with Gasteiger partial charge in [0.1, 0.15) is 29.8 Å². The summed E-state index contributed by atoms with van der Waals surface area (Å²) in [5.74, 6) is -2.91. The zero-order chi connectivity index (χ0) is 27.6. The smallest absolute Gasteiger partial charge is 0.408 e. The number of benzene rings is 1. The maximum atomic E-state index is 13.2. The monoisotopic (exact) mass is 619 g/mol. The number of hydrogen-bond acceptors (Lipinski definition) is 7. The first-order valence-electron chi connectivity index (χ1n) is 11.0. The first kappa shape index (κ1) is 28.4. The Morgan fingerprint density at radius 1 is 1.18 bits per heavy atom. The van der Waals surface area contributed by atoms with Gasteiger partial charge in [-0.3, -0.25) is 18.7 Å². The van der Waals surface area contributed by atoms with E-state index >= 15 is 0 Å². The van der Waals surface area contributed by atoms with Gasteiger partial charge in [-0.05, 0) is 22.6 Å². The van der Waals surface area contributed by atoms with E-state index in [0.29, 0.717) is 11.1 Å². The molecule has 0 aliphatic carbocycles. The van der Waals surface area contributed by atoms with E-state index < -0.39 is 62.5 Å². The predicted molar refractivity (Wildman–Crippen MR) is 142 cm³/mol. The van der Waals surface area contributed by atoms with Gasteiger partial charge in [-0.1, -0.05) is 71.2 Å². The number of rotatable bonds is 8. The Labute approximate surface area is 238 Å². The van der Waals surface area contributed by atoms with Gasteiger partial charge in [-0.15, -0.1) is 11.3 Å². The highest BCUT2D eigenvalue weighted by Gasteiger charge is 2.57. The molecule has 1 saturated heterocycles. The summed E-state index contributed by atoms with van der Waals surface area (Å²) in [5.41, 5.74) is 0.494. The summed E-state index contributed by atoms with van der Waals surface area (Å²) in [6.07, 6.45) is -0.813. The summed E-state index contributed by atoms with van der Waals surface area (Å²) < 4.78 is 16.1. The summed E-state index contributed by atoms with van der Waals surface area (Å²) in [5, 5.41) is 15.5. The van der Waals surface area contributed by atoms with Crippen molar-refractivity contribution in [1.29, 1.82) is 0 Å². The van der Waals surface area contributed by atoms with Gasteiger partial charge in [0, 0.05) is 17.1 Å². The van der Waals surface area contributed by atoms with Crippen LogP contribution in [0.5, 0.6) is 0 Å². The number of aliphatic carboxylic acids is 1. The second-order valence-corrected chi connectivity index (χ2v) is 13.4. The number of carboxylic acid groups (broad SMARTS) is 1. The van der Waals surface area contributed by atoms with Gasteiger partial charge in [0.05, 0.1) is 10.8 Å². The van der Waals surface area contributed by atoms with Crippen LogP contribution in [-0.4, -0.2) is 65.7 Å². The highest BCUT2D eigenvalue weighted by Crippen LogP contribution is 2.36. The number of alkyl carbamates (subject to hydrolysis) is 1. The minimum absolute atomic E-state index is 0.0654. The molecule has 2 aliphatic heterocycles. The molecule has 3 amide bonds. The molecule has 1 fully saturated rings. The van der Waals surface area contributed by atoms with Gasteiger partial charge in [0.25, 0.3) is 5.91 Å². The van der Waals surface area contributed by atoms with E-state index in [2.05, 4.69) is 10.6 Å². The fourth-order valence-corrected chi connectivity index (χ4v) is 6.70. The number of carboxylic acids is 1. The number of carbonyl (C=O) groups is 4. The number of amides is 3. The van der Waals surface area contributed by atoms with Gasteiger partial charge >= 0.3 is 12.1 Å². The lowest BCUT2D eigenvalue weighted by Gasteiger charge is -2.49. The summed E-state index contributed by atoms with van der Waals surface area (Å²) >= 11 is 18.2. The maximum absolute atomic E-state index is 13.2. The molecule has 38 heavy (non-hydrogen) atoms. The molecule has 1 aromatic carbocycles. The lowest BCUT2D eigenvalue weighted by molar-refractivity contribution is -0.151. The number of nitrogens with one attached hydrogen (secondary N) is 2. The first-order chi connectivity index (χ1) is 18.0. The quantitative estimate of drug-likeness (QED) is 0.304. The average Bonchev–Trinajstić information content (AvgIpc) is 3.37. The maximum Gasteiger partial charge on any atom is 0.408 e. The molecule has 0 radical (unpaired) electrons. The number of nitrogens with zero attached hydrogens (tertiary/aromatic N) is 1. The van der Waals surface area contributed by atoms with Crippen LogP contribution in [0, 0.1) is 0 Å². The molecule has 4 rings (SSSR count). The van der Waals surface area contributed by atoms with Crippen LogP contribution in [-0.2, 0) is 36.3 Å². The average molecular weight is 621 g/mol. The third-order valence-electron chi connectivity index (χ3n) is 5.70. The van der Waals surface area contributed by atoms with Crippen LogP contribution in [0.1, 0.15) is 16.5 Å². The second-order valence-electron chi connectivity index (χ2n) is 8.30. The molecule has 0 spiro atoms. The Hall–Kier alpha value is -2.64. The van der Waals surface area contributed by atoms with E-state index in [1.54, 1.807) is 30.3 Å². The van der Waals surface area contributed by atoms with E-state index in [0.717, 1.165) is 9.78 Å². The number of β-lactam (4-membered cyclic amide) rings is 1. The van der Waals surface area contributed by atoms with Gasteiger partial charge in [0.15, 0.2) is 0 Å². The zero-order valence-electron chi connectivity index (χ0n) is 19.3. The van der Waals surface area contributed by atoms with Crippen molar-refractivity contribution < 1.29 is 33.2 Å². The van der Waals surface area contributed by atoms with E-state index in [9.17, 15) is 28.5 Å². The number of hydrogen-bond donors (Lipinski definition) is 3. The van der Waals surface area contributed by atoms with E-state index in [1.807, 2.05) is 17.5 Å². The van der Waals surface area contributed by atoms with Crippen molar-refractivity contribution in [2.75, 3.05) is 12.4 Å². The molecule has 0 saturated carbocycles. The fraction of sp³-hybridized carbons (Fsp3) is 0.304. The molecule has 4 atom stereocenters. The molecule has 202 valence electrons. The predicted octanol–water partition coefficient (Wildman–Crippen LogP) is 2.88. The number of halogens is 3. The van der Waals surface area contributed by atoms with E-state index in [4.69, 9.17) is 39.5 Å². The second kappa shape index (κ2) is 11.6. The van der Waals surface area contributed by atoms with Crippen LogP contribution in [0.4, 0.5) is 4.79 Å². The molecule has 2 aromatic rings. The van der Waals surface area contributed by atoms with Crippen LogP contribution < -0.4 is 10.6 Å². The van der Waals surface area contributed by atoms with Crippen LogP contribution >= 0.6 is 46.1 Å². The van der Waals surface area contributed by atoms with Crippen molar-refractivity contribution in [2.24, 2.45) is 0 Å². The molecule has 3 heterocycles. The SMILES string of the molecule is O=C(N[C@H](C(=O)N[C@@H]1C(=O)N2C(C(=O)O)=C(Cc3cccs3)CS(=O)[C@@H]12)c1ccccc1)OCC(Cl)(Cl)Cl. The zero-order valence-corrected chi connectivity index (χ0v) is 23.2. The molecule has 1 unspecified atom stereocenters. The Morgan fingerprint density at radius 2 is 1.89 bits per heavy atom. The molecular formula is C23H20Cl3N3O7S2. The molecular weight excluding hydrogens is 601 g/mol. The molecule has 0 bridgehead atoms. The summed E-state index contributed by atoms with van der Waals surface area (Å²) in [4.78, 5) is 52.5. The van der Waals surface area contributed by atoms with Gasteiger partial charge in [-0.25, -0.2) is 9.59 Å². The molecule has 3 N–H and O–H groups in total. The largest absolute Gasteiger partial charge is 0.477 e. The summed E-state index contributed by atoms with van der Waals surface area (Å²) in [7, 11) is -1.69. The fourth-order valence-electron chi connectivity index (χ4n) is 4.10. The highest BCUT2D eigenvalue weighted by molar-refractivity contribution is 7.86. The van der Waals surface area contributed by atoms with Gasteiger partial charge in [-0.2, -0.15) is 0 Å². The Balaban J connectivity index is 1.53. The van der Waals surface area contributed by atoms with Gasteiger partial charge in [0.2, 0.25) is 9.70 Å². The molecule has 2 aliphatic rings. The highest BCUT2D eigenvalue weighted by atomic mass is 35.6. The Morgan fingerprint density at radius 3 is 2.50 bits per heavy atom. The number of carbonyl (C=O) groups excluding carboxylic acids is 3. The molecule has 1 aromatic heterocycles. The minimum atomic E-state index is -1.87. The Bertz CT molecular complexity index is 1300. The first-order valence-corrected chi connectivity index (χ1v) is 14.4. The number of alkyl halides is 3. The van der Waals surface area contributed by atoms with Gasteiger partial charge < -0.3 is 20.5 Å². The van der Waals surface area contributed by atoms with E-state index in [1.165, 1.54) is 11.3 Å². The lowest BCUT2D eigenvalue weighted by Crippen LogP contribution is -2.74. The van der Waals surface area contributed by atoms with Crippen LogP contribution in [0.15, 0.2) is 59.1 Å². The third kappa shape index (κ3) is 6.32. The topological polar surface area (TPSA) is 142 Å². The number of thiophene rings is 1. The van der Waals surface area contributed by atoms with Crippen molar-refractivity contribution >= 4 is 80.8 Å². The van der Waals surface area contributed by atoms with Crippen molar-refractivity contribution in [3.05, 3.63) is 69.6 Å². The minimum Gasteiger partial charge on any atom is -0.477 e. The van der Waals surface area contributed by atoms with E-state index in [-0.39, 0.29) is 17.9 Å². The standard InChI is InChI=1S/C23H20Cl3N3O7S2/c24-23(25,26)11-36-22(34)28-15(12-5-2-1-3-6-12)18(30)27-16-19(31)29-17(21(32)33)13(10-38(35)20(16)29)9-14-7-4-8-37-14/h1-8,15-16,20H,9-11H2,(H,27,30)(H,28,34)(H,32,33)/t15-,16+,20-,38?/m0/s1. The number of ether oxygens (including phenoxy) is 1. The van der Waals surface area contributed by atoms with Crippen LogP contribution in [0.2, 0.25) is 0 Å². The van der Waals surface area contributed by atoms with Crippen molar-refractivity contribution in [3.8, 4) is 0 Å². The summed E-state index contributed by atoms with van der Waals surface area (Å²) in [6.45, 7) is -0.581. The number of fused-ring (bicyclic) bond motifs is 1. The van der Waals surface area contributed by atoms with Crippen molar-refractivity contribution in [1.82, 2.24) is 15.5 Å². The third-order valence-corrected chi connectivity index (χ3v) is 8.56. The van der Waals surface area contributed by atoms with Crippen molar-refractivity contribution in [2.45, 2.75) is 27.7 Å². The lowest BCUT2D eigenvalue weighted by atomic mass is 10.00. The molecule has 15 heteroatoms. The normalized spacial score (nSPS) is 21.7.